The zero-order valence-corrected chi connectivity index (χ0v) is 43.0. The Labute approximate surface area is 463 Å². The van der Waals surface area contributed by atoms with Gasteiger partial charge in [-0.3, -0.25) is 0 Å². The van der Waals surface area contributed by atoms with Crippen molar-refractivity contribution in [3.63, 3.8) is 0 Å². The Morgan fingerprint density at radius 1 is 0.244 bits per heavy atom. The Hall–Kier alpha value is -1.48. The summed E-state index contributed by atoms with van der Waals surface area (Å²) in [5.74, 6) is 0. The molecule has 9 saturated heterocycles. The van der Waals surface area contributed by atoms with Gasteiger partial charge >= 0.3 is 0 Å². The van der Waals surface area contributed by atoms with Crippen molar-refractivity contribution in [2.45, 2.75) is 221 Å². The maximum absolute atomic E-state index is 11.3. The van der Waals surface area contributed by atoms with Gasteiger partial charge in [0, 0.05) is 0 Å². The SMILES string of the molecule is OC[C@@H]1O[C@@H](OC2[C@H](O[C@@H]3CO[C@H](O[C@@H]4CO[C@H](O[C@@H]5CO[C@H](O[C@@H]6CO[C@H](O[C@@H]7CO[C@@H](O[C@@H]8CO[C@@H](O)C(O)[C@H]8O)C(O)[C@H]7O)C(O)[C@H]6O)C(O)[C@H]5O)C(O)[C@H]4O)C(O)[C@H]3O)OC[C@@H](O)[C@@H]2O[C@@H]2O[C@@H](CO)[C@@H](O)C2O)C(O)[C@@H]1O. The Balaban J connectivity index is 0.724. The lowest BCUT2D eigenvalue weighted by Crippen LogP contribution is -2.64. The molecule has 9 heterocycles. The van der Waals surface area contributed by atoms with E-state index in [2.05, 4.69) is 0 Å². The van der Waals surface area contributed by atoms with E-state index in [9.17, 15) is 102 Å². The first-order chi connectivity index (χ1) is 39.0. The van der Waals surface area contributed by atoms with Crippen LogP contribution in [0.4, 0.5) is 0 Å². The first-order valence-electron chi connectivity index (χ1n) is 26.3. The molecule has 9 aliphatic rings. The molecule has 0 aromatic heterocycles. The van der Waals surface area contributed by atoms with Crippen molar-refractivity contribution >= 4 is 0 Å². The monoisotopic (exact) mass is 1210 g/mol. The molecular formula is C45H74O37. The van der Waals surface area contributed by atoms with Crippen LogP contribution in [0, 0.1) is 0 Å². The van der Waals surface area contributed by atoms with Gasteiger partial charge in [-0.05, 0) is 0 Å². The van der Waals surface area contributed by atoms with E-state index in [-0.39, 0.29) is 0 Å². The summed E-state index contributed by atoms with van der Waals surface area (Å²) < 4.78 is 94.8. The lowest BCUT2D eigenvalue weighted by molar-refractivity contribution is -0.373. The van der Waals surface area contributed by atoms with Gasteiger partial charge in [0.1, 0.15) is 165 Å². The van der Waals surface area contributed by atoms with Crippen molar-refractivity contribution in [2.75, 3.05) is 59.5 Å². The summed E-state index contributed by atoms with van der Waals surface area (Å²) in [4.78, 5) is 0. The zero-order chi connectivity index (χ0) is 59.2. The molecular weight excluding hydrogens is 1130 g/mol. The third kappa shape index (κ3) is 13.7. The van der Waals surface area contributed by atoms with E-state index >= 15 is 0 Å². The first kappa shape index (κ1) is 65.0. The van der Waals surface area contributed by atoms with Gasteiger partial charge in [0.15, 0.2) is 56.6 Å². The molecule has 9 aliphatic heterocycles. The van der Waals surface area contributed by atoms with Gasteiger partial charge in [-0.2, -0.15) is 0 Å². The summed E-state index contributed by atoms with van der Waals surface area (Å²) in [7, 11) is 0. The molecule has 82 heavy (non-hydrogen) atoms. The number of aliphatic hydroxyl groups excluding tert-OH is 20. The molecule has 0 aromatic carbocycles. The van der Waals surface area contributed by atoms with Gasteiger partial charge in [-0.1, -0.05) is 0 Å². The quantitative estimate of drug-likeness (QED) is 0.0606. The highest BCUT2D eigenvalue weighted by atomic mass is 16.8. The molecule has 0 spiro atoms. The van der Waals surface area contributed by atoms with Gasteiger partial charge in [-0.15, -0.1) is 0 Å². The molecule has 0 bridgehead atoms. The smallest absolute Gasteiger partial charge is 0.187 e. The topological polar surface area (TPSA) is 562 Å². The molecule has 476 valence electrons. The van der Waals surface area contributed by atoms with Crippen LogP contribution >= 0.6 is 0 Å². The number of aliphatic hydroxyl groups is 20. The van der Waals surface area contributed by atoms with Crippen molar-refractivity contribution in [2.24, 2.45) is 0 Å². The summed E-state index contributed by atoms with van der Waals surface area (Å²) in [6, 6.07) is 0. The predicted molar refractivity (Wildman–Crippen MR) is 243 cm³/mol. The minimum Gasteiger partial charge on any atom is -0.394 e. The minimum atomic E-state index is -1.98. The summed E-state index contributed by atoms with van der Waals surface area (Å²) in [5.41, 5.74) is 0. The van der Waals surface area contributed by atoms with Crippen LogP contribution in [-0.4, -0.2) is 383 Å². The molecule has 36 atom stereocenters. The molecule has 0 aromatic rings. The van der Waals surface area contributed by atoms with Crippen molar-refractivity contribution in [3.8, 4) is 0 Å². The molecule has 0 radical (unpaired) electrons. The van der Waals surface area contributed by atoms with E-state index in [0.29, 0.717) is 0 Å². The van der Waals surface area contributed by atoms with Crippen LogP contribution in [0.15, 0.2) is 0 Å². The summed E-state index contributed by atoms with van der Waals surface area (Å²) in [5, 5.41) is 212. The largest absolute Gasteiger partial charge is 0.394 e. The normalized spacial score (nSPS) is 54.3. The number of hydrogen-bond acceptors (Lipinski definition) is 37. The highest BCUT2D eigenvalue weighted by molar-refractivity contribution is 4.97. The molecule has 0 amide bonds. The van der Waals surface area contributed by atoms with Gasteiger partial charge < -0.3 is 183 Å². The van der Waals surface area contributed by atoms with Crippen molar-refractivity contribution in [1.29, 1.82) is 0 Å². The number of ether oxygens (including phenoxy) is 17. The lowest BCUT2D eigenvalue weighted by Gasteiger charge is -2.46. The number of hydrogen-bond donors (Lipinski definition) is 20. The maximum Gasteiger partial charge on any atom is 0.187 e. The van der Waals surface area contributed by atoms with E-state index < -0.39 is 281 Å². The second-order valence-corrected chi connectivity index (χ2v) is 21.1. The predicted octanol–water partition coefficient (Wildman–Crippen LogP) is -14.9. The van der Waals surface area contributed by atoms with E-state index in [4.69, 9.17) is 80.5 Å². The van der Waals surface area contributed by atoms with E-state index in [1.165, 1.54) is 0 Å². The van der Waals surface area contributed by atoms with Crippen LogP contribution in [0.5, 0.6) is 0 Å². The zero-order valence-electron chi connectivity index (χ0n) is 43.0. The van der Waals surface area contributed by atoms with Gasteiger partial charge in [0.2, 0.25) is 0 Å². The first-order valence-corrected chi connectivity index (χ1v) is 26.3. The van der Waals surface area contributed by atoms with Crippen LogP contribution in [0.25, 0.3) is 0 Å². The van der Waals surface area contributed by atoms with E-state index in [0.717, 1.165) is 0 Å². The van der Waals surface area contributed by atoms with Crippen molar-refractivity contribution < 1.29 is 183 Å². The summed E-state index contributed by atoms with van der Waals surface area (Å²) >= 11 is 0. The van der Waals surface area contributed by atoms with E-state index in [1.807, 2.05) is 0 Å². The second-order valence-electron chi connectivity index (χ2n) is 21.1. The van der Waals surface area contributed by atoms with E-state index in [1.54, 1.807) is 0 Å². The average Bonchev–Trinajstić information content (AvgIpc) is 4.08. The Kier molecular flexibility index (Phi) is 22.1. The van der Waals surface area contributed by atoms with Crippen LogP contribution in [0.2, 0.25) is 0 Å². The van der Waals surface area contributed by atoms with Crippen LogP contribution < -0.4 is 0 Å². The maximum atomic E-state index is 11.3. The third-order valence-electron chi connectivity index (χ3n) is 15.5. The summed E-state index contributed by atoms with van der Waals surface area (Å²) in [6.45, 7) is -5.19. The van der Waals surface area contributed by atoms with Gasteiger partial charge in [0.25, 0.3) is 0 Å². The minimum absolute atomic E-state index is 0.396. The van der Waals surface area contributed by atoms with Crippen LogP contribution in [0.1, 0.15) is 0 Å². The molecule has 9 fully saturated rings. The fourth-order valence-corrected chi connectivity index (χ4v) is 10.4. The molecule has 37 nitrogen and oxygen atoms in total. The second kappa shape index (κ2) is 27.9. The third-order valence-corrected chi connectivity index (χ3v) is 15.5. The Bertz CT molecular complexity index is 1980. The molecule has 0 aliphatic carbocycles. The molecule has 9 rings (SSSR count). The Morgan fingerprint density at radius 2 is 0.500 bits per heavy atom. The average molecular weight is 1210 g/mol. The molecule has 9 unspecified atom stereocenters. The van der Waals surface area contributed by atoms with Gasteiger partial charge in [-0.25, -0.2) is 0 Å². The van der Waals surface area contributed by atoms with Crippen molar-refractivity contribution in [3.05, 3.63) is 0 Å². The molecule has 0 saturated carbocycles. The molecule has 37 heteroatoms. The van der Waals surface area contributed by atoms with Crippen LogP contribution in [0.3, 0.4) is 0 Å². The fraction of sp³-hybridized carbons (Fsp3) is 1.00. The highest BCUT2D eigenvalue weighted by Crippen LogP contribution is 2.36. The standard InChI is InChI=1S/C45H74O37/c46-1-11-19(49)33(63)43(73-11)81-35-10(48)3-67-45(36(35)82-44-34(64)20(50)12(2-47)74-44)80-18-9-72-42(32(62)26(18)56)79-17-8-71-41(31(61)25(17)55)78-16-7-70-40(30(60)24(16)54)77-15-6-69-39(29(59)23(15)53)76-14-5-68-38(28(58)22(14)52)75-13-4-66-37(65)27(57)21(13)51/h10-65H,1-9H2/t10-,11+,12+,13-,14-,15-,16-,17-,18-,19-,20-,21+,22+,23+,24+,25+,26+,27?,28?,29?,30?,31?,32?,33?,34?,35+,36?,37-,38+,39-,40-,41-,42-,43+,44+,45+/m1/s1. The Morgan fingerprint density at radius 3 is 0.805 bits per heavy atom. The molecule has 20 N–H and O–H groups in total. The highest BCUT2D eigenvalue weighted by Gasteiger charge is 2.56. The summed E-state index contributed by atoms with van der Waals surface area (Å²) in [6.07, 6.45) is -60.2. The van der Waals surface area contributed by atoms with Gasteiger partial charge in [0.05, 0.1) is 59.5 Å². The fourth-order valence-electron chi connectivity index (χ4n) is 10.4. The van der Waals surface area contributed by atoms with Crippen LogP contribution in [-0.2, 0) is 80.5 Å². The lowest BCUT2D eigenvalue weighted by atomic mass is 10.0. The van der Waals surface area contributed by atoms with Crippen molar-refractivity contribution in [1.82, 2.24) is 0 Å². The number of rotatable bonds is 18.